The highest BCUT2D eigenvalue weighted by Gasteiger charge is 2.86. The van der Waals surface area contributed by atoms with Crippen LogP contribution in [-0.2, 0) is 14.3 Å². The van der Waals surface area contributed by atoms with Crippen LogP contribution in [-0.4, -0.2) is 31.7 Å². The molecule has 0 unspecified atom stereocenters. The minimum absolute atomic E-state index is 0.144. The van der Waals surface area contributed by atoms with Crippen molar-refractivity contribution in [3.05, 3.63) is 11.8 Å². The second-order valence-corrected chi connectivity index (χ2v) is 6.91. The fraction of sp³-hybridized carbons (Fsp3) is 0.833. The zero-order valence-corrected chi connectivity index (χ0v) is 13.2. The molecule has 0 saturated carbocycles. The van der Waals surface area contributed by atoms with Gasteiger partial charge in [-0.1, -0.05) is 12.8 Å². The summed E-state index contributed by atoms with van der Waals surface area (Å²) in [5.41, 5.74) is 0. The summed E-state index contributed by atoms with van der Waals surface area (Å²) in [5.74, 6) is -15.3. The summed E-state index contributed by atoms with van der Waals surface area (Å²) >= 11 is 0. The highest BCUT2D eigenvalue weighted by molar-refractivity contribution is 7.88. The lowest BCUT2D eigenvalue weighted by atomic mass is 10.1. The largest absolute Gasteiger partial charge is 0.460 e. The number of rotatable bonds is 5. The van der Waals surface area contributed by atoms with Crippen LogP contribution in [0.25, 0.3) is 0 Å². The molecule has 0 spiro atoms. The van der Waals surface area contributed by atoms with Gasteiger partial charge < -0.3 is 4.18 Å². The molecule has 0 aromatic carbocycles. The number of halogens is 9. The third-order valence-corrected chi connectivity index (χ3v) is 4.71. The monoisotopic (exact) mass is 408 g/mol. The minimum atomic E-state index is -7.30. The van der Waals surface area contributed by atoms with Crippen molar-refractivity contribution in [3.63, 3.8) is 0 Å². The van der Waals surface area contributed by atoms with Gasteiger partial charge in [0.1, 0.15) is 5.76 Å². The van der Waals surface area contributed by atoms with Gasteiger partial charge in [-0.15, -0.1) is 0 Å². The molecule has 0 bridgehead atoms. The summed E-state index contributed by atoms with van der Waals surface area (Å²) in [7, 11) is -6.82. The smallest absolute Gasteiger partial charge is 0.383 e. The maximum atomic E-state index is 13.5. The minimum Gasteiger partial charge on any atom is -0.383 e. The fourth-order valence-electron chi connectivity index (χ4n) is 1.95. The number of alkyl halides is 9. The molecule has 0 aromatic rings. The molecule has 0 heterocycles. The van der Waals surface area contributed by atoms with Crippen molar-refractivity contribution >= 4 is 10.1 Å². The number of hydrogen-bond acceptors (Lipinski definition) is 3. The third-order valence-electron chi connectivity index (χ3n) is 3.40. The van der Waals surface area contributed by atoms with Crippen LogP contribution in [0.3, 0.4) is 0 Å². The molecule has 1 rings (SSSR count). The van der Waals surface area contributed by atoms with E-state index in [2.05, 4.69) is 4.18 Å². The SMILES string of the molecule is O=S(=O)(O/C1=C/CCCCCC1)C(F)(F)C(F)(F)C(F)(F)C(F)(F)F. The Balaban J connectivity index is 3.21. The molecule has 13 heteroatoms. The maximum Gasteiger partial charge on any atom is 0.460 e. The normalized spacial score (nSPS) is 21.1. The first kappa shape index (κ1) is 21.9. The molecule has 0 atom stereocenters. The van der Waals surface area contributed by atoms with E-state index in [0.29, 0.717) is 12.8 Å². The molecule has 0 aromatic heterocycles. The van der Waals surface area contributed by atoms with E-state index in [1.54, 1.807) is 0 Å². The van der Waals surface area contributed by atoms with Gasteiger partial charge in [-0.3, -0.25) is 0 Å². The Morgan fingerprint density at radius 1 is 0.800 bits per heavy atom. The second kappa shape index (κ2) is 6.88. The van der Waals surface area contributed by atoms with Crippen molar-refractivity contribution < 1.29 is 52.1 Å². The Morgan fingerprint density at radius 3 is 1.84 bits per heavy atom. The van der Waals surface area contributed by atoms with Gasteiger partial charge in [0.15, 0.2) is 0 Å². The average molecular weight is 408 g/mol. The van der Waals surface area contributed by atoms with Crippen LogP contribution in [0.1, 0.15) is 38.5 Å². The van der Waals surface area contributed by atoms with Crippen molar-refractivity contribution in [1.82, 2.24) is 0 Å². The van der Waals surface area contributed by atoms with E-state index in [1.807, 2.05) is 0 Å². The van der Waals surface area contributed by atoms with E-state index >= 15 is 0 Å². The number of allylic oxidation sites excluding steroid dienone is 2. The highest BCUT2D eigenvalue weighted by atomic mass is 32.2. The summed E-state index contributed by atoms with van der Waals surface area (Å²) in [4.78, 5) is 0. The quantitative estimate of drug-likeness (QED) is 0.475. The molecular formula is C12H13F9O3S. The van der Waals surface area contributed by atoms with Gasteiger partial charge >= 0.3 is 33.4 Å². The molecule has 0 radical (unpaired) electrons. The zero-order valence-electron chi connectivity index (χ0n) is 12.4. The molecule has 0 fully saturated rings. The van der Waals surface area contributed by atoms with Gasteiger partial charge in [0.05, 0.1) is 0 Å². The standard InChI is InChI=1S/C12H13F9O3S/c13-9(14,11(17,18)19)10(15,16)12(20,21)25(22,23)24-8-6-4-2-1-3-5-7-8/h6H,1-5,7H2/b8-6+. The van der Waals surface area contributed by atoms with Crippen molar-refractivity contribution in [3.8, 4) is 0 Å². The Hall–Kier alpha value is -1.14. The van der Waals surface area contributed by atoms with Crippen LogP contribution in [0.5, 0.6) is 0 Å². The molecule has 25 heavy (non-hydrogen) atoms. The first-order valence-corrected chi connectivity index (χ1v) is 8.32. The van der Waals surface area contributed by atoms with Crippen LogP contribution < -0.4 is 0 Å². The van der Waals surface area contributed by atoms with Gasteiger partial charge in [-0.05, 0) is 25.3 Å². The second-order valence-electron chi connectivity index (χ2n) is 5.32. The van der Waals surface area contributed by atoms with Crippen molar-refractivity contribution in [2.24, 2.45) is 0 Å². The van der Waals surface area contributed by atoms with Gasteiger partial charge in [0.25, 0.3) is 0 Å². The lowest BCUT2D eigenvalue weighted by molar-refractivity contribution is -0.382. The molecule has 0 aliphatic heterocycles. The molecule has 148 valence electrons. The summed E-state index contributed by atoms with van der Waals surface area (Å²) < 4.78 is 141. The predicted molar refractivity (Wildman–Crippen MR) is 66.7 cm³/mol. The van der Waals surface area contributed by atoms with E-state index < -0.39 is 39.2 Å². The molecule has 0 amide bonds. The summed E-state index contributed by atoms with van der Waals surface area (Å²) in [5, 5.41) is -6.82. The summed E-state index contributed by atoms with van der Waals surface area (Å²) in [6.45, 7) is 0. The van der Waals surface area contributed by atoms with Gasteiger partial charge in [0.2, 0.25) is 0 Å². The van der Waals surface area contributed by atoms with Gasteiger partial charge in [-0.25, -0.2) is 0 Å². The van der Waals surface area contributed by atoms with E-state index in [4.69, 9.17) is 0 Å². The topological polar surface area (TPSA) is 43.4 Å². The Morgan fingerprint density at radius 2 is 1.32 bits per heavy atom. The molecule has 1 aliphatic carbocycles. The zero-order chi connectivity index (χ0) is 19.7. The molecule has 0 saturated heterocycles. The summed E-state index contributed by atoms with van der Waals surface area (Å²) in [6.07, 6.45) is -4.22. The molecule has 3 nitrogen and oxygen atoms in total. The lowest BCUT2D eigenvalue weighted by Gasteiger charge is -2.32. The first-order chi connectivity index (χ1) is 11.1. The van der Waals surface area contributed by atoms with Crippen molar-refractivity contribution in [2.45, 2.75) is 61.8 Å². The van der Waals surface area contributed by atoms with E-state index in [-0.39, 0.29) is 19.3 Å². The van der Waals surface area contributed by atoms with Crippen LogP contribution in [0, 0.1) is 0 Å². The van der Waals surface area contributed by atoms with Crippen LogP contribution in [0.2, 0.25) is 0 Å². The Labute approximate surface area is 136 Å². The van der Waals surface area contributed by atoms with Crippen LogP contribution >= 0.6 is 0 Å². The van der Waals surface area contributed by atoms with Crippen molar-refractivity contribution in [2.75, 3.05) is 0 Å². The Bertz CT molecular complexity index is 608. The number of hydrogen-bond donors (Lipinski definition) is 0. The maximum absolute atomic E-state index is 13.5. The molecular weight excluding hydrogens is 395 g/mol. The van der Waals surface area contributed by atoms with E-state index in [0.717, 1.165) is 12.5 Å². The average Bonchev–Trinajstić information content (AvgIpc) is 2.39. The van der Waals surface area contributed by atoms with Gasteiger partial charge in [0, 0.05) is 6.42 Å². The predicted octanol–water partition coefficient (Wildman–Crippen LogP) is 5.00. The van der Waals surface area contributed by atoms with Crippen LogP contribution in [0.15, 0.2) is 11.8 Å². The lowest BCUT2D eigenvalue weighted by Crippen LogP contribution is -2.63. The summed E-state index contributed by atoms with van der Waals surface area (Å²) in [6, 6.07) is 0. The van der Waals surface area contributed by atoms with E-state index in [9.17, 15) is 47.9 Å². The van der Waals surface area contributed by atoms with Crippen molar-refractivity contribution in [1.29, 1.82) is 0 Å². The third kappa shape index (κ3) is 4.00. The first-order valence-electron chi connectivity index (χ1n) is 6.91. The molecule has 0 N–H and O–H groups in total. The fourth-order valence-corrected chi connectivity index (χ4v) is 2.93. The van der Waals surface area contributed by atoms with Gasteiger partial charge in [-0.2, -0.15) is 47.9 Å². The van der Waals surface area contributed by atoms with E-state index in [1.165, 1.54) is 0 Å². The Kier molecular flexibility index (Phi) is 6.02. The molecule has 1 aliphatic rings. The van der Waals surface area contributed by atoms with Crippen LogP contribution in [0.4, 0.5) is 39.5 Å². The highest BCUT2D eigenvalue weighted by Crippen LogP contribution is 2.55.